The van der Waals surface area contributed by atoms with Crippen LogP contribution in [0.2, 0.25) is 0 Å². The van der Waals surface area contributed by atoms with E-state index >= 15 is 0 Å². The first-order valence-corrected chi connectivity index (χ1v) is 3.57. The van der Waals surface area contributed by atoms with Gasteiger partial charge in [0.15, 0.2) is 5.69 Å². The molecule has 1 aromatic heterocycles. The van der Waals surface area contributed by atoms with Crippen LogP contribution in [0.3, 0.4) is 0 Å². The number of nitrogens with zero attached hydrogens (tertiary/aromatic N) is 2. The maximum Gasteiger partial charge on any atom is 0.432 e. The maximum atomic E-state index is 10.2. The number of hydrogen-bond donors (Lipinski definition) is 1. The number of rotatable bonds is 4. The average molecular weight is 169 g/mol. The molecule has 12 heavy (non-hydrogen) atoms. The van der Waals surface area contributed by atoms with Crippen molar-refractivity contribution in [1.82, 2.24) is 15.7 Å². The Morgan fingerprint density at radius 3 is 3.00 bits per heavy atom. The molecule has 1 heterocycles. The molecular formula is C6H9N4O2. The maximum absolute atomic E-state index is 10.2. The number of nitro groups is 1. The van der Waals surface area contributed by atoms with E-state index in [9.17, 15) is 10.1 Å². The first-order valence-electron chi connectivity index (χ1n) is 3.57. The lowest BCUT2D eigenvalue weighted by Crippen LogP contribution is -1.92. The number of H-pyrrole nitrogens is 1. The Morgan fingerprint density at radius 2 is 2.50 bits per heavy atom. The molecule has 0 aliphatic rings. The third kappa shape index (κ3) is 2.03. The van der Waals surface area contributed by atoms with Crippen LogP contribution in [0, 0.1) is 10.1 Å². The summed E-state index contributed by atoms with van der Waals surface area (Å²) in [7, 11) is 0. The van der Waals surface area contributed by atoms with Gasteiger partial charge < -0.3 is 10.1 Å². The van der Waals surface area contributed by atoms with Gasteiger partial charge in [-0.1, -0.05) is 4.98 Å². The number of nitrogens with one attached hydrogen (secondary N) is 2. The molecule has 0 saturated carbocycles. The molecule has 1 rings (SSSR count). The SMILES string of the molecule is [NH]CCCc1c[nH]c([N+](=O)[O-])n1. The zero-order valence-electron chi connectivity index (χ0n) is 6.41. The Balaban J connectivity index is 2.58. The van der Waals surface area contributed by atoms with Gasteiger partial charge in [0.2, 0.25) is 0 Å². The summed E-state index contributed by atoms with van der Waals surface area (Å²) in [4.78, 5) is 15.7. The fourth-order valence-electron chi connectivity index (χ4n) is 0.840. The molecule has 0 atom stereocenters. The Labute approximate surface area is 68.9 Å². The van der Waals surface area contributed by atoms with E-state index in [1.165, 1.54) is 6.20 Å². The largest absolute Gasteiger partial charge is 0.432 e. The Hall–Kier alpha value is -1.43. The topological polar surface area (TPSA) is 95.6 Å². The van der Waals surface area contributed by atoms with Crippen molar-refractivity contribution in [2.45, 2.75) is 12.8 Å². The van der Waals surface area contributed by atoms with E-state index in [1.807, 2.05) is 0 Å². The van der Waals surface area contributed by atoms with Crippen molar-refractivity contribution in [3.05, 3.63) is 22.0 Å². The average Bonchev–Trinajstić information content (AvgIpc) is 2.48. The summed E-state index contributed by atoms with van der Waals surface area (Å²) in [5, 5.41) is 10.2. The van der Waals surface area contributed by atoms with E-state index in [2.05, 4.69) is 9.97 Å². The highest BCUT2D eigenvalue weighted by molar-refractivity contribution is 5.10. The van der Waals surface area contributed by atoms with Crippen LogP contribution in [0.5, 0.6) is 0 Å². The summed E-state index contributed by atoms with van der Waals surface area (Å²) in [6.07, 6.45) is 2.81. The summed E-state index contributed by atoms with van der Waals surface area (Å²) in [5.74, 6) is -0.227. The number of imidazole rings is 1. The van der Waals surface area contributed by atoms with E-state index in [4.69, 9.17) is 5.73 Å². The Bertz CT molecular complexity index is 270. The fourth-order valence-corrected chi connectivity index (χ4v) is 0.840. The second kappa shape index (κ2) is 3.82. The van der Waals surface area contributed by atoms with E-state index in [1.54, 1.807) is 0 Å². The van der Waals surface area contributed by atoms with Crippen LogP contribution in [-0.4, -0.2) is 21.4 Å². The summed E-state index contributed by atoms with van der Waals surface area (Å²) >= 11 is 0. The van der Waals surface area contributed by atoms with Crippen molar-refractivity contribution in [1.29, 1.82) is 0 Å². The Morgan fingerprint density at radius 1 is 1.75 bits per heavy atom. The second-order valence-corrected chi connectivity index (χ2v) is 2.33. The van der Waals surface area contributed by atoms with E-state index < -0.39 is 4.92 Å². The highest BCUT2D eigenvalue weighted by atomic mass is 16.6. The van der Waals surface area contributed by atoms with Crippen molar-refractivity contribution in [3.63, 3.8) is 0 Å². The third-order valence-electron chi connectivity index (χ3n) is 1.40. The summed E-state index contributed by atoms with van der Waals surface area (Å²) in [6.45, 7) is 0.320. The van der Waals surface area contributed by atoms with Gasteiger partial charge in [0.1, 0.15) is 6.20 Å². The van der Waals surface area contributed by atoms with E-state index in [0.717, 1.165) is 0 Å². The van der Waals surface area contributed by atoms with Gasteiger partial charge >= 0.3 is 5.95 Å². The van der Waals surface area contributed by atoms with E-state index in [0.29, 0.717) is 25.1 Å². The molecule has 0 spiro atoms. The zero-order valence-corrected chi connectivity index (χ0v) is 6.41. The van der Waals surface area contributed by atoms with Gasteiger partial charge in [0, 0.05) is 13.0 Å². The van der Waals surface area contributed by atoms with Gasteiger partial charge in [-0.2, -0.15) is 0 Å². The van der Waals surface area contributed by atoms with Crippen molar-refractivity contribution in [3.8, 4) is 0 Å². The lowest BCUT2D eigenvalue weighted by molar-refractivity contribution is -0.393. The van der Waals surface area contributed by atoms with Crippen LogP contribution < -0.4 is 5.73 Å². The van der Waals surface area contributed by atoms with Crippen molar-refractivity contribution < 1.29 is 4.92 Å². The molecule has 0 aromatic carbocycles. The summed E-state index contributed by atoms with van der Waals surface area (Å²) in [6, 6.07) is 0. The minimum absolute atomic E-state index is 0.227. The van der Waals surface area contributed by atoms with Gasteiger partial charge in [0.05, 0.1) is 0 Å². The molecule has 0 amide bonds. The van der Waals surface area contributed by atoms with Crippen LogP contribution in [0.4, 0.5) is 5.95 Å². The molecule has 0 unspecified atom stereocenters. The quantitative estimate of drug-likeness (QED) is 0.526. The van der Waals surface area contributed by atoms with Crippen LogP contribution in [0.1, 0.15) is 12.1 Å². The zero-order chi connectivity index (χ0) is 8.97. The number of aryl methyl sites for hydroxylation is 1. The first-order chi connectivity index (χ1) is 5.74. The minimum Gasteiger partial charge on any atom is -0.390 e. The Kier molecular flexibility index (Phi) is 2.76. The van der Waals surface area contributed by atoms with Crippen molar-refractivity contribution in [2.24, 2.45) is 0 Å². The molecule has 65 valence electrons. The summed E-state index contributed by atoms with van der Waals surface area (Å²) < 4.78 is 0. The fraction of sp³-hybridized carbons (Fsp3) is 0.500. The van der Waals surface area contributed by atoms with Gasteiger partial charge in [-0.3, -0.25) is 5.73 Å². The molecule has 1 radical (unpaired) electrons. The molecule has 6 heteroatoms. The van der Waals surface area contributed by atoms with Gasteiger partial charge in [-0.05, 0) is 11.3 Å². The lowest BCUT2D eigenvalue weighted by atomic mass is 10.2. The van der Waals surface area contributed by atoms with Crippen LogP contribution in [0.15, 0.2) is 6.20 Å². The van der Waals surface area contributed by atoms with Gasteiger partial charge in [0.25, 0.3) is 0 Å². The highest BCUT2D eigenvalue weighted by Gasteiger charge is 2.10. The standard InChI is InChI=1S/C6H9N4O2/c7-3-1-2-5-4-8-6(9-5)10(11)12/h4,7H,1-3H2,(H,8,9). The predicted molar refractivity (Wildman–Crippen MR) is 41.5 cm³/mol. The first kappa shape index (κ1) is 8.66. The molecule has 1 aromatic rings. The second-order valence-electron chi connectivity index (χ2n) is 2.33. The third-order valence-corrected chi connectivity index (χ3v) is 1.40. The molecule has 0 aliphatic heterocycles. The minimum atomic E-state index is -0.565. The molecule has 0 bridgehead atoms. The monoisotopic (exact) mass is 169 g/mol. The normalized spacial score (nSPS) is 10.1. The van der Waals surface area contributed by atoms with Crippen molar-refractivity contribution in [2.75, 3.05) is 6.54 Å². The smallest absolute Gasteiger partial charge is 0.390 e. The van der Waals surface area contributed by atoms with Gasteiger partial charge in [-0.15, -0.1) is 0 Å². The number of aromatic amines is 1. The molecule has 0 aliphatic carbocycles. The van der Waals surface area contributed by atoms with Crippen LogP contribution in [0.25, 0.3) is 0 Å². The predicted octanol–water partition coefficient (Wildman–Crippen LogP) is 0.533. The van der Waals surface area contributed by atoms with E-state index in [-0.39, 0.29) is 5.95 Å². The molecule has 2 N–H and O–H groups in total. The van der Waals surface area contributed by atoms with Crippen molar-refractivity contribution >= 4 is 5.95 Å². The molecular weight excluding hydrogens is 160 g/mol. The number of hydrogen-bond acceptors (Lipinski definition) is 3. The lowest BCUT2D eigenvalue weighted by Gasteiger charge is -1.87. The molecule has 0 saturated heterocycles. The number of aromatic nitrogens is 2. The summed E-state index contributed by atoms with van der Waals surface area (Å²) in [5.41, 5.74) is 7.52. The van der Waals surface area contributed by atoms with Crippen LogP contribution >= 0.6 is 0 Å². The van der Waals surface area contributed by atoms with Crippen LogP contribution in [-0.2, 0) is 6.42 Å². The molecule has 6 nitrogen and oxygen atoms in total. The molecule has 0 fully saturated rings. The van der Waals surface area contributed by atoms with Gasteiger partial charge in [-0.25, -0.2) is 4.98 Å². The highest BCUT2D eigenvalue weighted by Crippen LogP contribution is 2.06.